The molecule has 100 valence electrons. The molecule has 0 aliphatic heterocycles. The zero-order valence-electron chi connectivity index (χ0n) is 11.3. The van der Waals surface area contributed by atoms with E-state index in [-0.39, 0.29) is 0 Å². The molecule has 0 aromatic heterocycles. The highest BCUT2D eigenvalue weighted by atomic mass is 16.4. The number of rotatable bonds is 5. The molecule has 0 saturated carbocycles. The molecule has 1 unspecified atom stereocenters. The minimum absolute atomic E-state index is 0.423. The van der Waals surface area contributed by atoms with Crippen molar-refractivity contribution in [2.24, 2.45) is 11.3 Å². The Kier molecular flexibility index (Phi) is 5.99. The smallest absolute Gasteiger partial charge is 0.326 e. The zero-order chi connectivity index (χ0) is 13.6. The number of nitrogens with one attached hydrogen (secondary N) is 2. The Bertz CT molecular complexity index is 269. The van der Waals surface area contributed by atoms with Crippen LogP contribution in [-0.4, -0.2) is 29.7 Å². The van der Waals surface area contributed by atoms with Gasteiger partial charge in [-0.3, -0.25) is 0 Å². The molecule has 17 heavy (non-hydrogen) atoms. The molecule has 0 aliphatic carbocycles. The fraction of sp³-hybridized carbons (Fsp3) is 0.833. The normalized spacial score (nSPS) is 13.3. The molecule has 0 aromatic carbocycles. The van der Waals surface area contributed by atoms with E-state index in [0.29, 0.717) is 12.5 Å². The third-order valence-electron chi connectivity index (χ3n) is 2.40. The first-order chi connectivity index (χ1) is 7.64. The van der Waals surface area contributed by atoms with Crippen LogP contribution < -0.4 is 10.6 Å². The lowest BCUT2D eigenvalue weighted by molar-refractivity contribution is -0.141. The van der Waals surface area contributed by atoms with E-state index >= 15 is 0 Å². The highest BCUT2D eigenvalue weighted by Crippen LogP contribution is 2.19. The highest BCUT2D eigenvalue weighted by Gasteiger charge is 2.32. The number of carbonyl (C=O) groups is 2. The number of carbonyl (C=O) groups excluding carboxylic acids is 1. The minimum atomic E-state index is -1.02. The maximum Gasteiger partial charge on any atom is 0.326 e. The van der Waals surface area contributed by atoms with Gasteiger partial charge in [0, 0.05) is 6.54 Å². The molecule has 0 spiro atoms. The van der Waals surface area contributed by atoms with Crippen LogP contribution in [0, 0.1) is 11.3 Å². The van der Waals surface area contributed by atoms with E-state index in [0.717, 1.165) is 6.42 Å². The van der Waals surface area contributed by atoms with Crippen LogP contribution in [-0.2, 0) is 4.79 Å². The summed E-state index contributed by atoms with van der Waals surface area (Å²) in [6.45, 7) is 10.0. The number of hydrogen-bond acceptors (Lipinski definition) is 2. The third kappa shape index (κ3) is 6.81. The Morgan fingerprint density at radius 1 is 1.24 bits per heavy atom. The summed E-state index contributed by atoms with van der Waals surface area (Å²) in [4.78, 5) is 22.5. The second-order valence-electron chi connectivity index (χ2n) is 5.72. The molecule has 5 heteroatoms. The van der Waals surface area contributed by atoms with Gasteiger partial charge in [0.15, 0.2) is 0 Å². The average Bonchev–Trinajstić information content (AvgIpc) is 2.11. The van der Waals surface area contributed by atoms with E-state index in [1.165, 1.54) is 0 Å². The summed E-state index contributed by atoms with van der Waals surface area (Å²) in [6.07, 6.45) is 0.876. The lowest BCUT2D eigenvalue weighted by Gasteiger charge is -2.27. The van der Waals surface area contributed by atoms with Crippen molar-refractivity contribution in [3.05, 3.63) is 0 Å². The van der Waals surface area contributed by atoms with Crippen LogP contribution >= 0.6 is 0 Å². The van der Waals surface area contributed by atoms with Crippen molar-refractivity contribution >= 4 is 12.0 Å². The number of urea groups is 1. The van der Waals surface area contributed by atoms with Gasteiger partial charge in [0.1, 0.15) is 6.04 Å². The van der Waals surface area contributed by atoms with Crippen molar-refractivity contribution in [3.63, 3.8) is 0 Å². The summed E-state index contributed by atoms with van der Waals surface area (Å²) in [5.74, 6) is -0.510. The lowest BCUT2D eigenvalue weighted by atomic mass is 9.87. The molecular formula is C12H24N2O3. The number of amides is 2. The SMILES string of the molecule is CC(C)CCNC(=O)NC(C(=O)O)C(C)(C)C. The van der Waals surface area contributed by atoms with Gasteiger partial charge in [-0.15, -0.1) is 0 Å². The molecule has 1 atom stereocenters. The van der Waals surface area contributed by atoms with Crippen molar-refractivity contribution in [2.75, 3.05) is 6.54 Å². The van der Waals surface area contributed by atoms with Gasteiger partial charge in [0.2, 0.25) is 0 Å². The van der Waals surface area contributed by atoms with Crippen LogP contribution in [0.25, 0.3) is 0 Å². The van der Waals surface area contributed by atoms with E-state index in [9.17, 15) is 9.59 Å². The number of hydrogen-bond donors (Lipinski definition) is 3. The topological polar surface area (TPSA) is 78.4 Å². The van der Waals surface area contributed by atoms with Crippen molar-refractivity contribution in [3.8, 4) is 0 Å². The highest BCUT2D eigenvalue weighted by molar-refractivity contribution is 5.83. The Labute approximate surface area is 103 Å². The molecule has 0 fully saturated rings. The second kappa shape index (κ2) is 6.47. The average molecular weight is 244 g/mol. The van der Waals surface area contributed by atoms with Crippen molar-refractivity contribution in [2.45, 2.75) is 47.1 Å². The quantitative estimate of drug-likeness (QED) is 0.690. The van der Waals surface area contributed by atoms with Gasteiger partial charge in [-0.05, 0) is 17.8 Å². The van der Waals surface area contributed by atoms with Crippen LogP contribution in [0.1, 0.15) is 41.0 Å². The zero-order valence-corrected chi connectivity index (χ0v) is 11.3. The predicted molar refractivity (Wildman–Crippen MR) is 66.9 cm³/mol. The first-order valence-electron chi connectivity index (χ1n) is 5.91. The van der Waals surface area contributed by atoms with Crippen molar-refractivity contribution in [1.29, 1.82) is 0 Å². The fourth-order valence-corrected chi connectivity index (χ4v) is 1.31. The Morgan fingerprint density at radius 2 is 1.76 bits per heavy atom. The molecular weight excluding hydrogens is 220 g/mol. The number of carboxylic acids is 1. The standard InChI is InChI=1S/C12H24N2O3/c1-8(2)6-7-13-11(17)14-9(10(15)16)12(3,4)5/h8-9H,6-7H2,1-5H3,(H,15,16)(H2,13,14,17). The van der Waals surface area contributed by atoms with Gasteiger partial charge in [-0.1, -0.05) is 34.6 Å². The summed E-state index contributed by atoms with van der Waals surface area (Å²) in [6, 6.07) is -1.31. The molecule has 0 saturated heterocycles. The van der Waals surface area contributed by atoms with E-state index < -0.39 is 23.5 Å². The molecule has 5 nitrogen and oxygen atoms in total. The molecule has 2 amide bonds. The molecule has 0 rings (SSSR count). The largest absolute Gasteiger partial charge is 0.480 e. The van der Waals surface area contributed by atoms with Crippen molar-refractivity contribution < 1.29 is 14.7 Å². The van der Waals surface area contributed by atoms with E-state index in [1.807, 2.05) is 0 Å². The predicted octanol–water partition coefficient (Wildman–Crippen LogP) is 1.83. The molecule has 3 N–H and O–H groups in total. The van der Waals surface area contributed by atoms with Crippen molar-refractivity contribution in [1.82, 2.24) is 10.6 Å². The summed E-state index contributed by atoms with van der Waals surface area (Å²) in [5, 5.41) is 14.2. The number of aliphatic carboxylic acids is 1. The summed E-state index contributed by atoms with van der Waals surface area (Å²) in [7, 11) is 0. The van der Waals surface area contributed by atoms with E-state index in [4.69, 9.17) is 5.11 Å². The molecule has 0 bridgehead atoms. The molecule has 0 heterocycles. The fourth-order valence-electron chi connectivity index (χ4n) is 1.31. The van der Waals surface area contributed by atoms with Crippen LogP contribution in [0.5, 0.6) is 0 Å². The van der Waals surface area contributed by atoms with Crippen LogP contribution in [0.2, 0.25) is 0 Å². The Morgan fingerprint density at radius 3 is 2.12 bits per heavy atom. The maximum atomic E-state index is 11.5. The van der Waals surface area contributed by atoms with Crippen LogP contribution in [0.15, 0.2) is 0 Å². The molecule has 0 radical (unpaired) electrons. The summed E-state index contributed by atoms with van der Waals surface area (Å²) < 4.78 is 0. The van der Waals surface area contributed by atoms with Crippen LogP contribution in [0.3, 0.4) is 0 Å². The minimum Gasteiger partial charge on any atom is -0.480 e. The second-order valence-corrected chi connectivity index (χ2v) is 5.72. The summed E-state index contributed by atoms with van der Waals surface area (Å²) >= 11 is 0. The lowest BCUT2D eigenvalue weighted by Crippen LogP contribution is -2.52. The van der Waals surface area contributed by atoms with Gasteiger partial charge in [0.05, 0.1) is 0 Å². The van der Waals surface area contributed by atoms with Gasteiger partial charge >= 0.3 is 12.0 Å². The van der Waals surface area contributed by atoms with E-state index in [2.05, 4.69) is 24.5 Å². The van der Waals surface area contributed by atoms with Gasteiger partial charge in [-0.2, -0.15) is 0 Å². The van der Waals surface area contributed by atoms with E-state index in [1.54, 1.807) is 20.8 Å². The molecule has 0 aliphatic rings. The Hall–Kier alpha value is -1.26. The molecule has 0 aromatic rings. The van der Waals surface area contributed by atoms with Gasteiger partial charge in [0.25, 0.3) is 0 Å². The van der Waals surface area contributed by atoms with Gasteiger partial charge < -0.3 is 15.7 Å². The Balaban J connectivity index is 4.20. The summed E-state index contributed by atoms with van der Waals surface area (Å²) in [5.41, 5.74) is -0.513. The van der Waals surface area contributed by atoms with Gasteiger partial charge in [-0.25, -0.2) is 9.59 Å². The third-order valence-corrected chi connectivity index (χ3v) is 2.40. The first-order valence-corrected chi connectivity index (χ1v) is 5.91. The number of carboxylic acid groups (broad SMARTS) is 1. The first kappa shape index (κ1) is 15.7. The van der Waals surface area contributed by atoms with Crippen LogP contribution in [0.4, 0.5) is 4.79 Å². The monoisotopic (exact) mass is 244 g/mol. The maximum absolute atomic E-state index is 11.5.